The number of esters is 1. The van der Waals surface area contributed by atoms with Crippen molar-refractivity contribution in [1.82, 2.24) is 20.3 Å². The third kappa shape index (κ3) is 5.20. The lowest BCUT2D eigenvalue weighted by Gasteiger charge is -2.10. The largest absolute Gasteiger partial charge is 0.493 e. The third-order valence-electron chi connectivity index (χ3n) is 3.51. The third-order valence-corrected chi connectivity index (χ3v) is 3.51. The number of carbonyl (C=O) groups excluding carboxylic acids is 2. The van der Waals surface area contributed by atoms with Crippen LogP contribution >= 0.6 is 0 Å². The SMILES string of the molecule is CCOC(=O)c1cn(CC(=O)NCCc2ccc(OC)c(OC)c2)nn1. The molecule has 0 atom stereocenters. The molecule has 0 radical (unpaired) electrons. The Hall–Kier alpha value is -3.10. The molecule has 26 heavy (non-hydrogen) atoms. The van der Waals surface area contributed by atoms with Crippen molar-refractivity contribution < 1.29 is 23.8 Å². The monoisotopic (exact) mass is 362 g/mol. The summed E-state index contributed by atoms with van der Waals surface area (Å²) < 4.78 is 16.6. The summed E-state index contributed by atoms with van der Waals surface area (Å²) in [5.41, 5.74) is 1.08. The Labute approximate surface area is 151 Å². The van der Waals surface area contributed by atoms with Crippen molar-refractivity contribution in [2.45, 2.75) is 19.9 Å². The van der Waals surface area contributed by atoms with E-state index in [2.05, 4.69) is 15.6 Å². The number of hydrogen-bond donors (Lipinski definition) is 1. The molecule has 9 nitrogen and oxygen atoms in total. The Kier molecular flexibility index (Phi) is 6.95. The molecular formula is C17H22N4O5. The van der Waals surface area contributed by atoms with Gasteiger partial charge in [0.15, 0.2) is 17.2 Å². The van der Waals surface area contributed by atoms with Crippen LogP contribution in [0.2, 0.25) is 0 Å². The Balaban J connectivity index is 1.81. The van der Waals surface area contributed by atoms with Crippen LogP contribution in [0, 0.1) is 0 Å². The maximum atomic E-state index is 12.0. The number of methoxy groups -OCH3 is 2. The second-order valence-corrected chi connectivity index (χ2v) is 5.31. The van der Waals surface area contributed by atoms with Crippen LogP contribution in [0.5, 0.6) is 11.5 Å². The van der Waals surface area contributed by atoms with Crippen LogP contribution in [0.25, 0.3) is 0 Å². The molecule has 140 valence electrons. The summed E-state index contributed by atoms with van der Waals surface area (Å²) in [4.78, 5) is 23.5. The first kappa shape index (κ1) is 19.2. The van der Waals surface area contributed by atoms with Gasteiger partial charge < -0.3 is 19.5 Å². The van der Waals surface area contributed by atoms with E-state index in [4.69, 9.17) is 14.2 Å². The van der Waals surface area contributed by atoms with Crippen molar-refractivity contribution in [1.29, 1.82) is 0 Å². The van der Waals surface area contributed by atoms with E-state index in [0.717, 1.165) is 5.56 Å². The number of aromatic nitrogens is 3. The van der Waals surface area contributed by atoms with Gasteiger partial charge in [-0.3, -0.25) is 4.79 Å². The topological polar surface area (TPSA) is 105 Å². The number of nitrogens with zero attached hydrogens (tertiary/aromatic N) is 3. The molecule has 0 aliphatic rings. The standard InChI is InChI=1S/C17H22N4O5/c1-4-26-17(23)13-10-21(20-19-13)11-16(22)18-8-7-12-5-6-14(24-2)15(9-12)25-3/h5-6,9-10H,4,7-8,11H2,1-3H3,(H,18,22). The van der Waals surface area contributed by atoms with Gasteiger partial charge >= 0.3 is 5.97 Å². The smallest absolute Gasteiger partial charge is 0.360 e. The average Bonchev–Trinajstić information content (AvgIpc) is 3.10. The van der Waals surface area contributed by atoms with Crippen molar-refractivity contribution >= 4 is 11.9 Å². The van der Waals surface area contributed by atoms with Gasteiger partial charge in [0, 0.05) is 6.54 Å². The summed E-state index contributed by atoms with van der Waals surface area (Å²) >= 11 is 0. The zero-order valence-electron chi connectivity index (χ0n) is 15.0. The number of rotatable bonds is 9. The molecule has 1 heterocycles. The van der Waals surface area contributed by atoms with Crippen molar-refractivity contribution in [3.63, 3.8) is 0 Å². The quantitative estimate of drug-likeness (QED) is 0.659. The van der Waals surface area contributed by atoms with E-state index >= 15 is 0 Å². The zero-order valence-corrected chi connectivity index (χ0v) is 15.0. The van der Waals surface area contributed by atoms with E-state index in [-0.39, 0.29) is 24.8 Å². The summed E-state index contributed by atoms with van der Waals surface area (Å²) in [7, 11) is 3.15. The fourth-order valence-electron chi connectivity index (χ4n) is 2.26. The Morgan fingerprint density at radius 2 is 1.96 bits per heavy atom. The Bertz CT molecular complexity index is 759. The number of carbonyl (C=O) groups is 2. The van der Waals surface area contributed by atoms with Gasteiger partial charge in [-0.1, -0.05) is 11.3 Å². The first-order chi connectivity index (χ1) is 12.6. The minimum Gasteiger partial charge on any atom is -0.493 e. The number of benzene rings is 1. The predicted molar refractivity (Wildman–Crippen MR) is 92.2 cm³/mol. The predicted octanol–water partition coefficient (Wildman–Crippen LogP) is 0.831. The van der Waals surface area contributed by atoms with Gasteiger partial charge in [-0.05, 0) is 31.0 Å². The lowest BCUT2D eigenvalue weighted by molar-refractivity contribution is -0.121. The Morgan fingerprint density at radius 1 is 1.19 bits per heavy atom. The van der Waals surface area contributed by atoms with Crippen molar-refractivity contribution in [2.75, 3.05) is 27.4 Å². The van der Waals surface area contributed by atoms with Gasteiger partial charge in [0.25, 0.3) is 0 Å². The lowest BCUT2D eigenvalue weighted by Crippen LogP contribution is -2.29. The molecule has 0 bridgehead atoms. The fourth-order valence-corrected chi connectivity index (χ4v) is 2.26. The second-order valence-electron chi connectivity index (χ2n) is 5.31. The summed E-state index contributed by atoms with van der Waals surface area (Å²) in [5, 5.41) is 10.2. The summed E-state index contributed by atoms with van der Waals surface area (Å²) in [6.45, 7) is 2.38. The highest BCUT2D eigenvalue weighted by molar-refractivity contribution is 5.86. The molecular weight excluding hydrogens is 340 g/mol. The summed E-state index contributed by atoms with van der Waals surface area (Å²) in [6.07, 6.45) is 2.02. The molecule has 0 aliphatic heterocycles. The van der Waals surface area contributed by atoms with Crippen LogP contribution in [0.3, 0.4) is 0 Å². The van der Waals surface area contributed by atoms with E-state index in [0.29, 0.717) is 24.5 Å². The fraction of sp³-hybridized carbons (Fsp3) is 0.412. The molecule has 0 saturated carbocycles. The molecule has 0 unspecified atom stereocenters. The van der Waals surface area contributed by atoms with Gasteiger partial charge in [0.2, 0.25) is 5.91 Å². The molecule has 0 fully saturated rings. The van der Waals surface area contributed by atoms with Crippen molar-refractivity contribution in [3.05, 3.63) is 35.7 Å². The normalized spacial score (nSPS) is 10.3. The van der Waals surface area contributed by atoms with Gasteiger partial charge in [-0.15, -0.1) is 5.10 Å². The van der Waals surface area contributed by atoms with E-state index in [1.807, 2.05) is 18.2 Å². The number of ether oxygens (including phenoxy) is 3. The molecule has 2 rings (SSSR count). The highest BCUT2D eigenvalue weighted by Gasteiger charge is 2.13. The first-order valence-corrected chi connectivity index (χ1v) is 8.12. The number of amides is 1. The van der Waals surface area contributed by atoms with Crippen LogP contribution in [-0.2, 0) is 22.5 Å². The minimum atomic E-state index is -0.562. The molecule has 1 amide bonds. The Morgan fingerprint density at radius 3 is 2.65 bits per heavy atom. The van der Waals surface area contributed by atoms with E-state index in [1.54, 1.807) is 21.1 Å². The lowest BCUT2D eigenvalue weighted by atomic mass is 10.1. The van der Waals surface area contributed by atoms with Crippen LogP contribution in [0.4, 0.5) is 0 Å². The van der Waals surface area contributed by atoms with Crippen molar-refractivity contribution in [2.24, 2.45) is 0 Å². The van der Waals surface area contributed by atoms with E-state index < -0.39 is 5.97 Å². The van der Waals surface area contributed by atoms with Crippen LogP contribution in [-0.4, -0.2) is 54.2 Å². The van der Waals surface area contributed by atoms with Gasteiger partial charge in [0.05, 0.1) is 27.0 Å². The molecule has 0 aliphatic carbocycles. The van der Waals surface area contributed by atoms with Gasteiger partial charge in [-0.2, -0.15) is 0 Å². The number of hydrogen-bond acceptors (Lipinski definition) is 7. The molecule has 1 N–H and O–H groups in total. The molecule has 2 aromatic rings. The maximum absolute atomic E-state index is 12.0. The van der Waals surface area contributed by atoms with Crippen LogP contribution < -0.4 is 14.8 Å². The second kappa shape index (κ2) is 9.40. The van der Waals surface area contributed by atoms with Gasteiger partial charge in [-0.25, -0.2) is 9.48 Å². The van der Waals surface area contributed by atoms with Crippen LogP contribution in [0.1, 0.15) is 23.0 Å². The van der Waals surface area contributed by atoms with Crippen LogP contribution in [0.15, 0.2) is 24.4 Å². The highest BCUT2D eigenvalue weighted by Crippen LogP contribution is 2.27. The minimum absolute atomic E-state index is 0.0294. The summed E-state index contributed by atoms with van der Waals surface area (Å²) in [6, 6.07) is 5.60. The first-order valence-electron chi connectivity index (χ1n) is 8.12. The number of nitrogens with one attached hydrogen (secondary N) is 1. The highest BCUT2D eigenvalue weighted by atomic mass is 16.5. The average molecular weight is 362 g/mol. The molecule has 1 aromatic carbocycles. The van der Waals surface area contributed by atoms with E-state index in [1.165, 1.54) is 10.9 Å². The van der Waals surface area contributed by atoms with Crippen molar-refractivity contribution in [3.8, 4) is 11.5 Å². The molecule has 0 saturated heterocycles. The zero-order chi connectivity index (χ0) is 18.9. The molecule has 9 heteroatoms. The maximum Gasteiger partial charge on any atom is 0.360 e. The van der Waals surface area contributed by atoms with Gasteiger partial charge in [0.1, 0.15) is 6.54 Å². The summed E-state index contributed by atoms with van der Waals surface area (Å²) in [5.74, 6) is 0.507. The van der Waals surface area contributed by atoms with E-state index in [9.17, 15) is 9.59 Å². The molecule has 1 aromatic heterocycles. The molecule has 0 spiro atoms.